The summed E-state index contributed by atoms with van der Waals surface area (Å²) < 4.78 is 11.5. The second-order valence-corrected chi connectivity index (χ2v) is 10.5. The Hall–Kier alpha value is -0.930. The summed E-state index contributed by atoms with van der Waals surface area (Å²) in [5.41, 5.74) is 1.24. The van der Waals surface area contributed by atoms with Crippen LogP contribution in [0, 0.1) is 0 Å². The monoisotopic (exact) mass is 436 g/mol. The van der Waals surface area contributed by atoms with Crippen molar-refractivity contribution in [3.05, 3.63) is 10.4 Å². The smallest absolute Gasteiger partial charge is 0.190 e. The van der Waals surface area contributed by atoms with Gasteiger partial charge in [-0.1, -0.05) is 25.1 Å². The van der Waals surface area contributed by atoms with E-state index in [9.17, 15) is 0 Å². The standard InChI is InChI=1S/C21H32N4O2S2/c1-4-5-12-28-20-23-18(22-6-7-25-8-10-26-11-9-25)17-15-13-21(2,3)27-14-16(15)29-19(17)24-20/h4-14H2,1-3H3,(H,22,23,24). The lowest BCUT2D eigenvalue weighted by molar-refractivity contribution is -0.0379. The summed E-state index contributed by atoms with van der Waals surface area (Å²) in [6.07, 6.45) is 3.29. The molecular weight excluding hydrogens is 404 g/mol. The van der Waals surface area contributed by atoms with E-state index in [-0.39, 0.29) is 5.60 Å². The Kier molecular flexibility index (Phi) is 6.96. The number of anilines is 1. The number of unbranched alkanes of at least 4 members (excludes halogenated alkanes) is 1. The Morgan fingerprint density at radius 3 is 2.86 bits per heavy atom. The summed E-state index contributed by atoms with van der Waals surface area (Å²) in [6.45, 7) is 12.8. The summed E-state index contributed by atoms with van der Waals surface area (Å²) in [4.78, 5) is 14.7. The first-order chi connectivity index (χ1) is 14.1. The van der Waals surface area contributed by atoms with Crippen molar-refractivity contribution in [1.29, 1.82) is 0 Å². The van der Waals surface area contributed by atoms with Crippen molar-refractivity contribution in [2.75, 3.05) is 50.5 Å². The second-order valence-electron chi connectivity index (χ2n) is 8.35. The maximum Gasteiger partial charge on any atom is 0.190 e. The number of thiophene rings is 1. The van der Waals surface area contributed by atoms with Crippen molar-refractivity contribution in [2.45, 2.75) is 57.4 Å². The van der Waals surface area contributed by atoms with E-state index in [1.807, 2.05) is 0 Å². The predicted octanol–water partition coefficient (Wildman–Crippen LogP) is 4.18. The van der Waals surface area contributed by atoms with Crippen LogP contribution in [0.4, 0.5) is 5.82 Å². The molecule has 0 radical (unpaired) electrons. The van der Waals surface area contributed by atoms with Crippen LogP contribution >= 0.6 is 23.1 Å². The Morgan fingerprint density at radius 1 is 1.24 bits per heavy atom. The molecule has 0 saturated carbocycles. The fourth-order valence-corrected chi connectivity index (χ4v) is 5.87. The number of rotatable bonds is 8. The van der Waals surface area contributed by atoms with E-state index in [0.29, 0.717) is 6.61 Å². The number of aromatic nitrogens is 2. The molecule has 2 aliphatic heterocycles. The zero-order valence-electron chi connectivity index (χ0n) is 17.8. The second kappa shape index (κ2) is 9.47. The Bertz CT molecular complexity index is 834. The van der Waals surface area contributed by atoms with Gasteiger partial charge in [-0.3, -0.25) is 4.90 Å². The average Bonchev–Trinajstić information content (AvgIpc) is 3.05. The molecule has 1 N–H and O–H groups in total. The molecule has 2 aromatic heterocycles. The molecule has 2 aliphatic rings. The highest BCUT2D eigenvalue weighted by Crippen LogP contribution is 2.41. The topological polar surface area (TPSA) is 59.5 Å². The molecule has 1 fully saturated rings. The summed E-state index contributed by atoms with van der Waals surface area (Å²) in [7, 11) is 0. The third-order valence-electron chi connectivity index (χ3n) is 5.46. The molecule has 8 heteroatoms. The van der Waals surface area contributed by atoms with E-state index in [1.165, 1.54) is 28.7 Å². The van der Waals surface area contributed by atoms with Crippen LogP contribution in [0.5, 0.6) is 0 Å². The largest absolute Gasteiger partial charge is 0.379 e. The summed E-state index contributed by atoms with van der Waals surface area (Å²) >= 11 is 3.54. The number of hydrogen-bond acceptors (Lipinski definition) is 8. The number of thioether (sulfide) groups is 1. The third-order valence-corrected chi connectivity index (χ3v) is 7.50. The highest BCUT2D eigenvalue weighted by Gasteiger charge is 2.31. The van der Waals surface area contributed by atoms with Crippen molar-refractivity contribution >= 4 is 39.1 Å². The van der Waals surface area contributed by atoms with E-state index in [2.05, 4.69) is 31.0 Å². The minimum Gasteiger partial charge on any atom is -0.379 e. The van der Waals surface area contributed by atoms with Crippen LogP contribution in [0.1, 0.15) is 44.1 Å². The number of nitrogens with one attached hydrogen (secondary N) is 1. The van der Waals surface area contributed by atoms with Gasteiger partial charge < -0.3 is 14.8 Å². The minimum absolute atomic E-state index is 0.138. The highest BCUT2D eigenvalue weighted by atomic mass is 32.2. The lowest BCUT2D eigenvalue weighted by Crippen LogP contribution is -2.39. The molecule has 0 spiro atoms. The molecule has 0 bridgehead atoms. The molecule has 29 heavy (non-hydrogen) atoms. The predicted molar refractivity (Wildman–Crippen MR) is 121 cm³/mol. The van der Waals surface area contributed by atoms with Gasteiger partial charge in [0.2, 0.25) is 0 Å². The molecule has 6 nitrogen and oxygen atoms in total. The molecule has 1 saturated heterocycles. The van der Waals surface area contributed by atoms with Gasteiger partial charge in [0.15, 0.2) is 5.16 Å². The number of hydrogen-bond donors (Lipinski definition) is 1. The molecule has 2 aromatic rings. The molecule has 4 rings (SSSR count). The number of ether oxygens (including phenoxy) is 2. The number of nitrogens with zero attached hydrogens (tertiary/aromatic N) is 3. The number of fused-ring (bicyclic) bond motifs is 3. The van der Waals surface area contributed by atoms with Crippen molar-refractivity contribution in [1.82, 2.24) is 14.9 Å². The third kappa shape index (κ3) is 5.22. The summed E-state index contributed by atoms with van der Waals surface area (Å²) in [5.74, 6) is 2.06. The van der Waals surface area contributed by atoms with Gasteiger partial charge in [0.05, 0.1) is 30.8 Å². The molecule has 160 valence electrons. The van der Waals surface area contributed by atoms with Crippen molar-refractivity contribution in [3.8, 4) is 0 Å². The van der Waals surface area contributed by atoms with Gasteiger partial charge in [0, 0.05) is 43.2 Å². The molecule has 0 amide bonds. The van der Waals surface area contributed by atoms with E-state index < -0.39 is 0 Å². The zero-order chi connectivity index (χ0) is 20.3. The lowest BCUT2D eigenvalue weighted by atomic mass is 9.94. The van der Waals surface area contributed by atoms with E-state index in [0.717, 1.165) is 67.4 Å². The van der Waals surface area contributed by atoms with Crippen LogP contribution in [0.15, 0.2) is 5.16 Å². The van der Waals surface area contributed by atoms with Gasteiger partial charge in [-0.05, 0) is 25.8 Å². The van der Waals surface area contributed by atoms with Crippen LogP contribution < -0.4 is 5.32 Å². The minimum atomic E-state index is -0.138. The van der Waals surface area contributed by atoms with E-state index in [1.54, 1.807) is 23.1 Å². The van der Waals surface area contributed by atoms with Crippen LogP contribution in [0.3, 0.4) is 0 Å². The SMILES string of the molecule is CCCCSc1nc(NCCN2CCOCC2)c2c3c(sc2n1)COC(C)(C)C3. The fourth-order valence-electron chi connectivity index (χ4n) is 3.78. The van der Waals surface area contributed by atoms with E-state index >= 15 is 0 Å². The highest BCUT2D eigenvalue weighted by molar-refractivity contribution is 7.99. The van der Waals surface area contributed by atoms with E-state index in [4.69, 9.17) is 19.4 Å². The average molecular weight is 437 g/mol. The molecule has 4 heterocycles. The van der Waals surface area contributed by atoms with Crippen LogP contribution in [0.2, 0.25) is 0 Å². The fraction of sp³-hybridized carbons (Fsp3) is 0.714. The number of morpholine rings is 1. The first kappa shape index (κ1) is 21.3. The quantitative estimate of drug-likeness (QED) is 0.378. The Morgan fingerprint density at radius 2 is 2.07 bits per heavy atom. The summed E-state index contributed by atoms with van der Waals surface area (Å²) in [5, 5.41) is 5.75. The van der Waals surface area contributed by atoms with Crippen molar-refractivity contribution < 1.29 is 9.47 Å². The first-order valence-corrected chi connectivity index (χ1v) is 12.5. The normalized spacial score (nSPS) is 19.4. The van der Waals surface area contributed by atoms with Crippen molar-refractivity contribution in [3.63, 3.8) is 0 Å². The molecule has 0 aliphatic carbocycles. The lowest BCUT2D eigenvalue weighted by Gasteiger charge is -2.30. The molecule has 0 unspecified atom stereocenters. The Balaban J connectivity index is 1.58. The van der Waals surface area contributed by atoms with Gasteiger partial charge in [0.25, 0.3) is 0 Å². The van der Waals surface area contributed by atoms with Crippen LogP contribution in [-0.2, 0) is 22.5 Å². The van der Waals surface area contributed by atoms with Crippen molar-refractivity contribution in [2.24, 2.45) is 0 Å². The molecular formula is C21H32N4O2S2. The van der Waals surface area contributed by atoms with Crippen LogP contribution in [0.25, 0.3) is 10.2 Å². The maximum atomic E-state index is 6.05. The van der Waals surface area contributed by atoms with Gasteiger partial charge in [-0.2, -0.15) is 0 Å². The molecule has 0 atom stereocenters. The van der Waals surface area contributed by atoms with Gasteiger partial charge >= 0.3 is 0 Å². The van der Waals surface area contributed by atoms with Crippen LogP contribution in [-0.4, -0.2) is 65.6 Å². The van der Waals surface area contributed by atoms with Gasteiger partial charge in [-0.15, -0.1) is 11.3 Å². The Labute approximate surface area is 181 Å². The maximum absolute atomic E-state index is 6.05. The molecule has 0 aromatic carbocycles. The summed E-state index contributed by atoms with van der Waals surface area (Å²) in [6, 6.07) is 0. The zero-order valence-corrected chi connectivity index (χ0v) is 19.4. The van der Waals surface area contributed by atoms with Gasteiger partial charge in [-0.25, -0.2) is 9.97 Å². The van der Waals surface area contributed by atoms with Gasteiger partial charge in [0.1, 0.15) is 10.6 Å². The first-order valence-electron chi connectivity index (χ1n) is 10.7.